The molecule has 0 bridgehead atoms. The van der Waals surface area contributed by atoms with Crippen LogP contribution in [0, 0.1) is 17.2 Å². The highest BCUT2D eigenvalue weighted by molar-refractivity contribution is 6.00. The van der Waals surface area contributed by atoms with Crippen LogP contribution in [0.5, 0.6) is 0 Å². The smallest absolute Gasteiger partial charge is 0.377 e. The van der Waals surface area contributed by atoms with Crippen LogP contribution in [-0.4, -0.2) is 24.2 Å². The second kappa shape index (κ2) is 5.67. The van der Waals surface area contributed by atoms with Gasteiger partial charge in [0.15, 0.2) is 0 Å². The van der Waals surface area contributed by atoms with Gasteiger partial charge in [0, 0.05) is 23.6 Å². The predicted octanol–water partition coefficient (Wildman–Crippen LogP) is 3.32. The molecule has 1 amide bonds. The van der Waals surface area contributed by atoms with E-state index in [0.29, 0.717) is 18.7 Å². The van der Waals surface area contributed by atoms with Crippen molar-refractivity contribution in [1.82, 2.24) is 0 Å². The zero-order chi connectivity index (χ0) is 18.6. The van der Waals surface area contributed by atoms with Gasteiger partial charge in [-0.25, -0.2) is 4.39 Å². The largest absolute Gasteiger partial charge is 0.419 e. The first-order valence-corrected chi connectivity index (χ1v) is 8.08. The number of amides is 1. The maximum atomic E-state index is 13.4. The SMILES string of the molecule is CC1(C)C2OCCCC2C1(N)C(=O)Nc1ccc(F)c(C(F)(F)F)c1. The van der Waals surface area contributed by atoms with Crippen LogP contribution in [0.1, 0.15) is 32.3 Å². The fourth-order valence-electron chi connectivity index (χ4n) is 4.09. The Morgan fingerprint density at radius 2 is 2.04 bits per heavy atom. The first kappa shape index (κ1) is 18.1. The molecule has 1 aliphatic heterocycles. The highest BCUT2D eigenvalue weighted by atomic mass is 19.4. The Morgan fingerprint density at radius 3 is 2.68 bits per heavy atom. The van der Waals surface area contributed by atoms with Crippen molar-refractivity contribution < 1.29 is 27.1 Å². The third-order valence-electron chi connectivity index (χ3n) is 5.59. The van der Waals surface area contributed by atoms with Crippen molar-refractivity contribution in [3.05, 3.63) is 29.6 Å². The second-order valence-electron chi connectivity index (χ2n) is 7.28. The number of alkyl halides is 3. The average Bonchev–Trinajstić information content (AvgIpc) is 2.54. The molecule has 4 nitrogen and oxygen atoms in total. The summed E-state index contributed by atoms with van der Waals surface area (Å²) >= 11 is 0. The molecule has 3 atom stereocenters. The molecule has 3 rings (SSSR count). The molecule has 0 aromatic heterocycles. The molecule has 0 spiro atoms. The Hall–Kier alpha value is -1.67. The topological polar surface area (TPSA) is 64.3 Å². The van der Waals surface area contributed by atoms with Gasteiger partial charge < -0.3 is 15.8 Å². The van der Waals surface area contributed by atoms with Crippen molar-refractivity contribution in [2.75, 3.05) is 11.9 Å². The maximum absolute atomic E-state index is 13.4. The number of hydrogen-bond donors (Lipinski definition) is 2. The van der Waals surface area contributed by atoms with Gasteiger partial charge in [0.05, 0.1) is 11.7 Å². The standard InChI is InChI=1S/C17H20F4N2O2/c1-15(2)13-10(4-3-7-25-13)16(15,22)14(24)23-9-5-6-12(18)11(8-9)17(19,20)21/h5-6,8,10,13H,3-4,7,22H2,1-2H3,(H,23,24). The predicted molar refractivity (Wildman–Crippen MR) is 83.2 cm³/mol. The van der Waals surface area contributed by atoms with Gasteiger partial charge in [0.25, 0.3) is 0 Å². The van der Waals surface area contributed by atoms with Crippen LogP contribution >= 0.6 is 0 Å². The minimum Gasteiger partial charge on any atom is -0.377 e. The second-order valence-corrected chi connectivity index (χ2v) is 7.28. The van der Waals surface area contributed by atoms with Gasteiger partial charge in [-0.3, -0.25) is 4.79 Å². The third-order valence-corrected chi connectivity index (χ3v) is 5.59. The van der Waals surface area contributed by atoms with Gasteiger partial charge in [-0.15, -0.1) is 0 Å². The summed E-state index contributed by atoms with van der Waals surface area (Å²) in [4.78, 5) is 12.8. The number of halogens is 4. The Morgan fingerprint density at radius 1 is 1.36 bits per heavy atom. The van der Waals surface area contributed by atoms with E-state index >= 15 is 0 Å². The Bertz CT molecular complexity index is 704. The molecule has 1 aromatic carbocycles. The molecule has 3 unspecified atom stereocenters. The lowest BCUT2D eigenvalue weighted by atomic mass is 9.46. The van der Waals surface area contributed by atoms with E-state index < -0.39 is 34.4 Å². The van der Waals surface area contributed by atoms with E-state index in [9.17, 15) is 22.4 Å². The fraction of sp³-hybridized carbons (Fsp3) is 0.588. The van der Waals surface area contributed by atoms with Gasteiger partial charge in [0.2, 0.25) is 5.91 Å². The normalized spacial score (nSPS) is 31.0. The molecule has 1 heterocycles. The van der Waals surface area contributed by atoms with Crippen LogP contribution in [0.4, 0.5) is 23.2 Å². The molecule has 2 fully saturated rings. The number of carbonyl (C=O) groups excluding carboxylic acids is 1. The molecule has 0 radical (unpaired) electrons. The monoisotopic (exact) mass is 360 g/mol. The molecular weight excluding hydrogens is 340 g/mol. The van der Waals surface area contributed by atoms with Crippen molar-refractivity contribution in [3.8, 4) is 0 Å². The van der Waals surface area contributed by atoms with E-state index in [1.165, 1.54) is 0 Å². The molecule has 1 aromatic rings. The number of hydrogen-bond acceptors (Lipinski definition) is 3. The highest BCUT2D eigenvalue weighted by Gasteiger charge is 2.70. The average molecular weight is 360 g/mol. The first-order chi connectivity index (χ1) is 11.5. The van der Waals surface area contributed by atoms with Crippen molar-refractivity contribution in [2.45, 2.75) is 44.5 Å². The van der Waals surface area contributed by atoms with Crippen LogP contribution in [0.15, 0.2) is 18.2 Å². The number of nitrogens with one attached hydrogen (secondary N) is 1. The molecule has 2 aliphatic rings. The summed E-state index contributed by atoms with van der Waals surface area (Å²) in [5, 5.41) is 2.43. The van der Waals surface area contributed by atoms with Crippen LogP contribution < -0.4 is 11.1 Å². The lowest BCUT2D eigenvalue weighted by molar-refractivity contribution is -0.222. The Kier molecular flexibility index (Phi) is 4.11. The zero-order valence-electron chi connectivity index (χ0n) is 13.9. The maximum Gasteiger partial charge on any atom is 0.419 e. The summed E-state index contributed by atoms with van der Waals surface area (Å²) in [6.07, 6.45) is -3.51. The lowest BCUT2D eigenvalue weighted by Crippen LogP contribution is -2.81. The van der Waals surface area contributed by atoms with E-state index in [1.54, 1.807) is 0 Å². The Labute approximate surface area is 142 Å². The molecule has 8 heteroatoms. The van der Waals surface area contributed by atoms with Crippen LogP contribution in [0.3, 0.4) is 0 Å². The summed E-state index contributed by atoms with van der Waals surface area (Å²) < 4.78 is 57.6. The molecular formula is C17H20F4N2O2. The van der Waals surface area contributed by atoms with Gasteiger partial charge in [-0.05, 0) is 31.0 Å². The summed E-state index contributed by atoms with van der Waals surface area (Å²) in [5.74, 6) is -2.17. The number of carbonyl (C=O) groups is 1. The van der Waals surface area contributed by atoms with Crippen LogP contribution in [-0.2, 0) is 15.7 Å². The van der Waals surface area contributed by atoms with E-state index in [-0.39, 0.29) is 17.7 Å². The summed E-state index contributed by atoms with van der Waals surface area (Å²) in [5.41, 5.74) is 2.91. The molecule has 25 heavy (non-hydrogen) atoms. The molecule has 1 saturated heterocycles. The number of nitrogens with two attached hydrogens (primary N) is 1. The number of fused-ring (bicyclic) bond motifs is 1. The van der Waals surface area contributed by atoms with Crippen molar-refractivity contribution in [2.24, 2.45) is 17.1 Å². The number of rotatable bonds is 2. The number of anilines is 1. The van der Waals surface area contributed by atoms with E-state index in [2.05, 4.69) is 5.32 Å². The zero-order valence-corrected chi connectivity index (χ0v) is 13.9. The minimum absolute atomic E-state index is 0.139. The van der Waals surface area contributed by atoms with Crippen molar-refractivity contribution in [3.63, 3.8) is 0 Å². The van der Waals surface area contributed by atoms with E-state index in [1.807, 2.05) is 13.8 Å². The van der Waals surface area contributed by atoms with E-state index in [0.717, 1.165) is 18.9 Å². The number of ether oxygens (including phenoxy) is 1. The van der Waals surface area contributed by atoms with Crippen LogP contribution in [0.2, 0.25) is 0 Å². The van der Waals surface area contributed by atoms with E-state index in [4.69, 9.17) is 10.5 Å². The first-order valence-electron chi connectivity index (χ1n) is 8.08. The minimum atomic E-state index is -4.84. The molecule has 1 saturated carbocycles. The van der Waals surface area contributed by atoms with Gasteiger partial charge in [-0.1, -0.05) is 13.8 Å². The Balaban J connectivity index is 1.85. The van der Waals surface area contributed by atoms with Crippen molar-refractivity contribution in [1.29, 1.82) is 0 Å². The van der Waals surface area contributed by atoms with Gasteiger partial charge >= 0.3 is 6.18 Å². The molecule has 3 N–H and O–H groups in total. The fourth-order valence-corrected chi connectivity index (χ4v) is 4.09. The number of benzene rings is 1. The summed E-state index contributed by atoms with van der Waals surface area (Å²) in [6.45, 7) is 4.23. The lowest BCUT2D eigenvalue weighted by Gasteiger charge is -2.65. The quantitative estimate of drug-likeness (QED) is 0.796. The summed E-state index contributed by atoms with van der Waals surface area (Å²) in [6, 6.07) is 2.35. The summed E-state index contributed by atoms with van der Waals surface area (Å²) in [7, 11) is 0. The van der Waals surface area contributed by atoms with Gasteiger partial charge in [-0.2, -0.15) is 13.2 Å². The van der Waals surface area contributed by atoms with Crippen molar-refractivity contribution >= 4 is 11.6 Å². The third kappa shape index (κ3) is 2.62. The van der Waals surface area contributed by atoms with Gasteiger partial charge in [0.1, 0.15) is 11.4 Å². The highest BCUT2D eigenvalue weighted by Crippen LogP contribution is 2.57. The molecule has 1 aliphatic carbocycles. The molecule has 138 valence electrons. The van der Waals surface area contributed by atoms with Crippen LogP contribution in [0.25, 0.3) is 0 Å².